The van der Waals surface area contributed by atoms with E-state index in [1.807, 2.05) is 19.1 Å². The van der Waals surface area contributed by atoms with E-state index in [-0.39, 0.29) is 0 Å². The van der Waals surface area contributed by atoms with Gasteiger partial charge in [0.05, 0.1) is 3.79 Å². The Balaban J connectivity index is 1.65. The predicted molar refractivity (Wildman–Crippen MR) is 99.2 cm³/mol. The second-order valence-corrected chi connectivity index (χ2v) is 9.88. The van der Waals surface area contributed by atoms with E-state index in [1.54, 1.807) is 12.1 Å². The normalized spacial score (nSPS) is 16.3. The van der Waals surface area contributed by atoms with Crippen LogP contribution in [0.2, 0.25) is 0 Å². The Morgan fingerprint density at radius 3 is 2.46 bits per heavy atom. The molecule has 0 spiro atoms. The number of piperazine rings is 1. The van der Waals surface area contributed by atoms with E-state index in [0.29, 0.717) is 30.4 Å². The molecule has 0 radical (unpaired) electrons. The highest BCUT2D eigenvalue weighted by Crippen LogP contribution is 2.29. The lowest BCUT2D eigenvalue weighted by molar-refractivity contribution is 0.384. The second-order valence-electron chi connectivity index (χ2n) is 5.26. The number of rotatable bonds is 5. The molecule has 0 aliphatic carbocycles. The number of hydrogen-bond acceptors (Lipinski definition) is 7. The van der Waals surface area contributed by atoms with Crippen LogP contribution in [0.3, 0.4) is 0 Å². The molecule has 10 heteroatoms. The molecule has 0 bridgehead atoms. The van der Waals surface area contributed by atoms with Gasteiger partial charge in [0.25, 0.3) is 10.0 Å². The van der Waals surface area contributed by atoms with Gasteiger partial charge in [-0.1, -0.05) is 0 Å². The minimum absolute atomic E-state index is 0.373. The number of hydrogen-bond donors (Lipinski definition) is 1. The van der Waals surface area contributed by atoms with Gasteiger partial charge in [-0.3, -0.25) is 0 Å². The van der Waals surface area contributed by atoms with Gasteiger partial charge in [-0.05, 0) is 47.1 Å². The molecule has 0 saturated carbocycles. The third kappa shape index (κ3) is 3.71. The van der Waals surface area contributed by atoms with Crippen LogP contribution in [0.4, 0.5) is 11.6 Å². The molecule has 2 aromatic heterocycles. The van der Waals surface area contributed by atoms with Crippen LogP contribution in [0, 0.1) is 0 Å². The van der Waals surface area contributed by atoms with Gasteiger partial charge < -0.3 is 10.2 Å². The third-order valence-corrected chi connectivity index (χ3v) is 7.70. The van der Waals surface area contributed by atoms with Crippen LogP contribution in [-0.4, -0.2) is 55.6 Å². The number of aromatic nitrogens is 2. The second kappa shape index (κ2) is 7.34. The molecule has 0 atom stereocenters. The van der Waals surface area contributed by atoms with Gasteiger partial charge in [0, 0.05) is 32.7 Å². The van der Waals surface area contributed by atoms with Gasteiger partial charge in [-0.25, -0.2) is 8.42 Å². The summed E-state index contributed by atoms with van der Waals surface area (Å²) in [5.41, 5.74) is 0. The van der Waals surface area contributed by atoms with Crippen molar-refractivity contribution in [2.45, 2.75) is 11.1 Å². The third-order valence-electron chi connectivity index (χ3n) is 3.71. The van der Waals surface area contributed by atoms with Crippen LogP contribution in [0.5, 0.6) is 0 Å². The first kappa shape index (κ1) is 17.6. The van der Waals surface area contributed by atoms with Crippen LogP contribution in [-0.2, 0) is 10.0 Å². The molecule has 130 valence electrons. The SMILES string of the molecule is CCNc1ccc(N2CCN(S(=O)(=O)c3ccc(Br)s3)CC2)nn1. The van der Waals surface area contributed by atoms with E-state index in [2.05, 4.69) is 36.3 Å². The van der Waals surface area contributed by atoms with Crippen LogP contribution >= 0.6 is 27.3 Å². The molecule has 0 aromatic carbocycles. The maximum atomic E-state index is 12.6. The Morgan fingerprint density at radius 1 is 1.17 bits per heavy atom. The first-order valence-electron chi connectivity index (χ1n) is 7.59. The summed E-state index contributed by atoms with van der Waals surface area (Å²) in [6.07, 6.45) is 0. The first-order chi connectivity index (χ1) is 11.5. The Kier molecular flexibility index (Phi) is 5.38. The molecule has 1 aliphatic rings. The fourth-order valence-electron chi connectivity index (χ4n) is 2.49. The minimum atomic E-state index is -3.41. The highest BCUT2D eigenvalue weighted by molar-refractivity contribution is 9.11. The molecular formula is C14H18BrN5O2S2. The molecule has 0 amide bonds. The van der Waals surface area contributed by atoms with Crippen molar-refractivity contribution in [3.63, 3.8) is 0 Å². The van der Waals surface area contributed by atoms with E-state index in [0.717, 1.165) is 22.0 Å². The summed E-state index contributed by atoms with van der Waals surface area (Å²) in [6.45, 7) is 4.87. The molecule has 24 heavy (non-hydrogen) atoms. The average molecular weight is 432 g/mol. The predicted octanol–water partition coefficient (Wildman–Crippen LogP) is 2.24. The van der Waals surface area contributed by atoms with E-state index in [1.165, 1.54) is 15.6 Å². The Morgan fingerprint density at radius 2 is 1.92 bits per heavy atom. The molecular weight excluding hydrogens is 414 g/mol. The number of nitrogens with zero attached hydrogens (tertiary/aromatic N) is 4. The largest absolute Gasteiger partial charge is 0.369 e. The van der Waals surface area contributed by atoms with Crippen molar-refractivity contribution in [2.24, 2.45) is 0 Å². The van der Waals surface area contributed by atoms with Crippen molar-refractivity contribution in [3.05, 3.63) is 28.1 Å². The number of anilines is 2. The summed E-state index contributed by atoms with van der Waals surface area (Å²) in [6, 6.07) is 7.19. The monoisotopic (exact) mass is 431 g/mol. The standard InChI is InChI=1S/C14H18BrN5O2S2/c1-2-16-12-4-5-13(18-17-12)19-7-9-20(10-8-19)24(21,22)14-6-3-11(15)23-14/h3-6H,2,7-10H2,1H3,(H,16,17). The van der Waals surface area contributed by atoms with Crippen LogP contribution < -0.4 is 10.2 Å². The van der Waals surface area contributed by atoms with Crippen LogP contribution in [0.1, 0.15) is 6.92 Å². The van der Waals surface area contributed by atoms with Gasteiger partial charge in [0.2, 0.25) is 0 Å². The van der Waals surface area contributed by atoms with E-state index < -0.39 is 10.0 Å². The quantitative estimate of drug-likeness (QED) is 0.781. The molecule has 7 nitrogen and oxygen atoms in total. The van der Waals surface area contributed by atoms with Gasteiger partial charge in [-0.15, -0.1) is 21.5 Å². The summed E-state index contributed by atoms with van der Waals surface area (Å²) >= 11 is 4.55. The first-order valence-corrected chi connectivity index (χ1v) is 10.6. The fraction of sp³-hybridized carbons (Fsp3) is 0.429. The van der Waals surface area contributed by atoms with Crippen LogP contribution in [0.15, 0.2) is 32.3 Å². The van der Waals surface area contributed by atoms with E-state index in [4.69, 9.17) is 0 Å². The Hall–Kier alpha value is -1.23. The number of nitrogens with one attached hydrogen (secondary N) is 1. The Labute approximate surface area is 153 Å². The lowest BCUT2D eigenvalue weighted by Crippen LogP contribution is -2.48. The van der Waals surface area contributed by atoms with Crippen molar-refractivity contribution >= 4 is 48.9 Å². The van der Waals surface area contributed by atoms with Crippen LogP contribution in [0.25, 0.3) is 0 Å². The topological polar surface area (TPSA) is 78.4 Å². The van der Waals surface area contributed by atoms with E-state index in [9.17, 15) is 8.42 Å². The van der Waals surface area contributed by atoms with Gasteiger partial charge in [0.1, 0.15) is 10.0 Å². The van der Waals surface area contributed by atoms with Crippen molar-refractivity contribution in [3.8, 4) is 0 Å². The molecule has 1 N–H and O–H groups in total. The fourth-order valence-corrected chi connectivity index (χ4v) is 6.08. The summed E-state index contributed by atoms with van der Waals surface area (Å²) in [5.74, 6) is 1.51. The van der Waals surface area contributed by atoms with Crippen molar-refractivity contribution in [1.29, 1.82) is 0 Å². The zero-order valence-corrected chi connectivity index (χ0v) is 16.4. The molecule has 0 unspecified atom stereocenters. The molecule has 2 aromatic rings. The summed E-state index contributed by atoms with van der Waals surface area (Å²) < 4.78 is 28.0. The smallest absolute Gasteiger partial charge is 0.252 e. The maximum Gasteiger partial charge on any atom is 0.252 e. The molecule has 1 fully saturated rings. The lowest BCUT2D eigenvalue weighted by Gasteiger charge is -2.34. The maximum absolute atomic E-state index is 12.6. The summed E-state index contributed by atoms with van der Waals surface area (Å²) in [7, 11) is -3.41. The highest BCUT2D eigenvalue weighted by atomic mass is 79.9. The van der Waals surface area contributed by atoms with E-state index >= 15 is 0 Å². The number of thiophene rings is 1. The van der Waals surface area contributed by atoms with Crippen molar-refractivity contribution < 1.29 is 8.42 Å². The van der Waals surface area contributed by atoms with Crippen molar-refractivity contribution in [1.82, 2.24) is 14.5 Å². The molecule has 3 heterocycles. The lowest BCUT2D eigenvalue weighted by atomic mass is 10.3. The highest BCUT2D eigenvalue weighted by Gasteiger charge is 2.30. The Bertz CT molecular complexity index is 786. The molecule has 1 aliphatic heterocycles. The summed E-state index contributed by atoms with van der Waals surface area (Å²) in [5, 5.41) is 11.4. The molecule has 3 rings (SSSR count). The van der Waals surface area contributed by atoms with Gasteiger partial charge in [-0.2, -0.15) is 4.31 Å². The van der Waals surface area contributed by atoms with Crippen molar-refractivity contribution in [2.75, 3.05) is 42.9 Å². The number of halogens is 1. The zero-order valence-electron chi connectivity index (χ0n) is 13.1. The van der Waals surface area contributed by atoms with Gasteiger partial charge >= 0.3 is 0 Å². The average Bonchev–Trinajstić information content (AvgIpc) is 3.03. The van der Waals surface area contributed by atoms with Gasteiger partial charge in [0.15, 0.2) is 5.82 Å². The minimum Gasteiger partial charge on any atom is -0.369 e. The zero-order chi connectivity index (χ0) is 17.2. The molecule has 1 saturated heterocycles. The summed E-state index contributed by atoms with van der Waals surface area (Å²) in [4.78, 5) is 2.05. The number of sulfonamides is 1.